The number of ether oxygens (including phenoxy) is 1. The second-order valence-corrected chi connectivity index (χ2v) is 9.99. The molecule has 3 aliphatic rings. The van der Waals surface area contributed by atoms with Crippen LogP contribution >= 0.6 is 0 Å². The van der Waals surface area contributed by atoms with Crippen molar-refractivity contribution in [3.05, 3.63) is 59.9 Å². The molecule has 2 atom stereocenters. The Morgan fingerprint density at radius 1 is 1.14 bits per heavy atom. The van der Waals surface area contributed by atoms with E-state index in [1.807, 2.05) is 0 Å². The Labute approximate surface area is 208 Å². The van der Waals surface area contributed by atoms with Crippen molar-refractivity contribution in [3.8, 4) is 0 Å². The lowest BCUT2D eigenvalue weighted by molar-refractivity contribution is -0.0754. The summed E-state index contributed by atoms with van der Waals surface area (Å²) in [6, 6.07) is 6.27. The number of methoxy groups -OCH3 is 1. The number of benzene rings is 1. The van der Waals surface area contributed by atoms with Crippen molar-refractivity contribution in [3.63, 3.8) is 0 Å². The summed E-state index contributed by atoms with van der Waals surface area (Å²) in [6.07, 6.45) is 12.2. The molecule has 192 valence electrons. The molecule has 1 aromatic carbocycles. The molecule has 0 amide bonds. The van der Waals surface area contributed by atoms with Crippen LogP contribution in [0.4, 0.5) is 13.2 Å². The number of carbonyl (C=O) groups excluding carboxylic acids is 1. The Hall–Kier alpha value is -2.59. The SMILES string of the molecule is C1=CCC2CCC(C1)C2.C=C=C(N=C(OC)C(F)(F)F)c1ccc(C(=O)CCC2(CC)CC2)cc1.[HH]. The topological polar surface area (TPSA) is 38.7 Å². The van der Waals surface area contributed by atoms with E-state index in [2.05, 4.69) is 41.1 Å². The number of aliphatic imine (C=N–C) groups is 1. The van der Waals surface area contributed by atoms with Gasteiger partial charge in [0.2, 0.25) is 0 Å². The predicted molar refractivity (Wildman–Crippen MR) is 136 cm³/mol. The number of Topliss-reactive ketones (excluding diaryl/α,β-unsaturated/α-hetero) is 1. The maximum absolute atomic E-state index is 12.8. The van der Waals surface area contributed by atoms with Gasteiger partial charge in [0.25, 0.3) is 5.90 Å². The normalized spacial score (nSPS) is 22.4. The van der Waals surface area contributed by atoms with Gasteiger partial charge in [0.15, 0.2) is 5.78 Å². The Balaban J connectivity index is 0.000000379. The van der Waals surface area contributed by atoms with E-state index in [1.54, 1.807) is 24.3 Å². The number of fused-ring (bicyclic) bond motifs is 2. The third-order valence-corrected chi connectivity index (χ3v) is 7.64. The van der Waals surface area contributed by atoms with Crippen LogP contribution in [0.25, 0.3) is 5.70 Å². The molecule has 0 N–H and O–H groups in total. The van der Waals surface area contributed by atoms with E-state index in [4.69, 9.17) is 0 Å². The third kappa shape index (κ3) is 7.70. The molecule has 2 saturated carbocycles. The van der Waals surface area contributed by atoms with Crippen LogP contribution in [0.15, 0.2) is 53.7 Å². The molecule has 2 fully saturated rings. The smallest absolute Gasteiger partial charge is 0.468 e. The zero-order chi connectivity index (χ0) is 25.5. The fraction of sp³-hybridized carbons (Fsp3) is 0.552. The molecule has 3 aliphatic carbocycles. The molecule has 0 saturated heterocycles. The van der Waals surface area contributed by atoms with Crippen LogP contribution in [-0.4, -0.2) is 25.0 Å². The first-order chi connectivity index (χ1) is 16.7. The highest BCUT2D eigenvalue weighted by Gasteiger charge is 2.40. The van der Waals surface area contributed by atoms with Gasteiger partial charge in [-0.1, -0.05) is 56.3 Å². The molecular formula is C29H38F3NO2. The van der Waals surface area contributed by atoms with Gasteiger partial charge < -0.3 is 4.74 Å². The van der Waals surface area contributed by atoms with Crippen LogP contribution in [0.2, 0.25) is 0 Å². The van der Waals surface area contributed by atoms with Crippen LogP contribution in [0, 0.1) is 17.3 Å². The summed E-state index contributed by atoms with van der Waals surface area (Å²) in [4.78, 5) is 15.8. The van der Waals surface area contributed by atoms with Crippen LogP contribution < -0.4 is 0 Å². The molecule has 0 heterocycles. The number of allylic oxidation sites excluding steroid dienone is 2. The molecule has 4 rings (SSSR count). The van der Waals surface area contributed by atoms with Gasteiger partial charge in [0, 0.05) is 19.0 Å². The van der Waals surface area contributed by atoms with Crippen molar-refractivity contribution in [2.45, 2.75) is 77.3 Å². The Kier molecular flexibility index (Phi) is 9.18. The molecule has 3 nitrogen and oxygen atoms in total. The molecule has 2 bridgehead atoms. The van der Waals surface area contributed by atoms with E-state index in [1.165, 1.54) is 44.9 Å². The Morgan fingerprint density at radius 3 is 2.17 bits per heavy atom. The molecule has 0 radical (unpaired) electrons. The molecule has 0 aromatic heterocycles. The maximum Gasteiger partial charge on any atom is 0.468 e. The fourth-order valence-electron chi connectivity index (χ4n) is 5.01. The minimum atomic E-state index is -4.70. The first kappa shape index (κ1) is 27.0. The first-order valence-electron chi connectivity index (χ1n) is 12.6. The zero-order valence-corrected chi connectivity index (χ0v) is 20.8. The summed E-state index contributed by atoms with van der Waals surface area (Å²) in [5, 5.41) is 0. The van der Waals surface area contributed by atoms with Crippen molar-refractivity contribution < 1.29 is 24.1 Å². The number of nitrogens with zero attached hydrogens (tertiary/aromatic N) is 1. The highest BCUT2D eigenvalue weighted by atomic mass is 19.4. The van der Waals surface area contributed by atoms with Gasteiger partial charge in [0.1, 0.15) is 5.70 Å². The standard InChI is InChI=1S/C20H22F3NO2.C9H14.H2/c1-4-16(24-18(26-3)20(21,22)23)14-6-8-15(9-7-14)17(25)10-11-19(5-2)12-13-19;1-2-4-9-6-5-8(3-1)7-9;/h6-9H,1,5,10-13H2,2-3H3;1-2,8-9H,3-7H2;1H. The van der Waals surface area contributed by atoms with Gasteiger partial charge in [-0.2, -0.15) is 13.2 Å². The number of hydrogen-bond donors (Lipinski definition) is 0. The van der Waals surface area contributed by atoms with E-state index in [-0.39, 0.29) is 12.9 Å². The van der Waals surface area contributed by atoms with Gasteiger partial charge in [-0.05, 0) is 68.6 Å². The third-order valence-electron chi connectivity index (χ3n) is 7.64. The summed E-state index contributed by atoms with van der Waals surface area (Å²) in [6.45, 7) is 5.52. The molecule has 6 heteroatoms. The van der Waals surface area contributed by atoms with E-state index >= 15 is 0 Å². The largest absolute Gasteiger partial charge is 0.478 e. The molecule has 35 heavy (non-hydrogen) atoms. The summed E-state index contributed by atoms with van der Waals surface area (Å²) < 4.78 is 42.6. The lowest BCUT2D eigenvalue weighted by Gasteiger charge is -2.11. The summed E-state index contributed by atoms with van der Waals surface area (Å²) in [5.41, 5.74) is 3.54. The highest BCUT2D eigenvalue weighted by molar-refractivity contribution is 5.96. The molecular weight excluding hydrogens is 451 g/mol. The van der Waals surface area contributed by atoms with Gasteiger partial charge in [-0.15, -0.1) is 5.73 Å². The van der Waals surface area contributed by atoms with Crippen molar-refractivity contribution >= 4 is 17.4 Å². The Morgan fingerprint density at radius 2 is 1.71 bits per heavy atom. The van der Waals surface area contributed by atoms with Gasteiger partial charge in [0.05, 0.1) is 7.11 Å². The van der Waals surface area contributed by atoms with Crippen molar-refractivity contribution in [1.29, 1.82) is 0 Å². The lowest BCUT2D eigenvalue weighted by atomic mass is 9.94. The number of rotatable bonds is 7. The summed E-state index contributed by atoms with van der Waals surface area (Å²) in [7, 11) is 0.901. The van der Waals surface area contributed by atoms with Crippen LogP contribution in [0.1, 0.15) is 88.5 Å². The average Bonchev–Trinajstić information content (AvgIpc) is 3.54. The minimum Gasteiger partial charge on any atom is -0.478 e. The number of alkyl halides is 3. The van der Waals surface area contributed by atoms with Gasteiger partial charge in [-0.3, -0.25) is 4.79 Å². The van der Waals surface area contributed by atoms with Crippen LogP contribution in [0.5, 0.6) is 0 Å². The molecule has 0 aliphatic heterocycles. The molecule has 0 spiro atoms. The second-order valence-electron chi connectivity index (χ2n) is 9.99. The number of carbonyl (C=O) groups is 1. The highest BCUT2D eigenvalue weighted by Crippen LogP contribution is 2.52. The van der Waals surface area contributed by atoms with Crippen LogP contribution in [-0.2, 0) is 4.74 Å². The van der Waals surface area contributed by atoms with E-state index in [9.17, 15) is 18.0 Å². The van der Waals surface area contributed by atoms with E-state index in [0.29, 0.717) is 23.0 Å². The maximum atomic E-state index is 12.8. The Bertz CT molecular complexity index is 973. The lowest BCUT2D eigenvalue weighted by Crippen LogP contribution is -2.24. The zero-order valence-electron chi connectivity index (χ0n) is 20.8. The number of halogens is 3. The molecule has 2 unspecified atom stereocenters. The minimum absolute atomic E-state index is 0. The number of ketones is 1. The van der Waals surface area contributed by atoms with Crippen LogP contribution in [0.3, 0.4) is 0 Å². The fourth-order valence-corrected chi connectivity index (χ4v) is 5.01. The number of hydrogen-bond acceptors (Lipinski definition) is 3. The van der Waals surface area contributed by atoms with Crippen molar-refractivity contribution in [1.82, 2.24) is 0 Å². The first-order valence-corrected chi connectivity index (χ1v) is 12.6. The second kappa shape index (κ2) is 11.9. The van der Waals surface area contributed by atoms with E-state index in [0.717, 1.165) is 31.8 Å². The van der Waals surface area contributed by atoms with Gasteiger partial charge in [-0.25, -0.2) is 4.99 Å². The quantitative estimate of drug-likeness (QED) is 0.126. The van der Waals surface area contributed by atoms with Gasteiger partial charge >= 0.3 is 6.18 Å². The molecule has 1 aromatic rings. The van der Waals surface area contributed by atoms with Crippen molar-refractivity contribution in [2.75, 3.05) is 7.11 Å². The monoisotopic (exact) mass is 489 g/mol. The summed E-state index contributed by atoms with van der Waals surface area (Å²) in [5.74, 6) is 0.789. The van der Waals surface area contributed by atoms with Crippen molar-refractivity contribution in [2.24, 2.45) is 22.2 Å². The van der Waals surface area contributed by atoms with E-state index < -0.39 is 12.1 Å². The average molecular weight is 490 g/mol. The predicted octanol–water partition coefficient (Wildman–Crippen LogP) is 8.57. The summed E-state index contributed by atoms with van der Waals surface area (Å²) >= 11 is 0.